The average molecular weight is 336 g/mol. The average Bonchev–Trinajstić information content (AvgIpc) is 2.61. The Morgan fingerprint density at radius 2 is 1.84 bits per heavy atom. The number of hydrogen-bond acceptors (Lipinski definition) is 4. The van der Waals surface area contributed by atoms with E-state index in [1.165, 1.54) is 0 Å². The number of fused-ring (bicyclic) bond motifs is 1. The van der Waals surface area contributed by atoms with E-state index in [2.05, 4.69) is 10.3 Å². The van der Waals surface area contributed by atoms with Crippen LogP contribution in [0.5, 0.6) is 11.5 Å². The van der Waals surface area contributed by atoms with E-state index in [9.17, 15) is 4.79 Å². The molecule has 25 heavy (non-hydrogen) atoms. The summed E-state index contributed by atoms with van der Waals surface area (Å²) in [4.78, 5) is 16.3. The number of benzene rings is 2. The third-order valence-corrected chi connectivity index (χ3v) is 3.45. The zero-order valence-electron chi connectivity index (χ0n) is 14.2. The van der Waals surface area contributed by atoms with E-state index in [0.717, 1.165) is 16.7 Å². The van der Waals surface area contributed by atoms with Crippen molar-refractivity contribution in [3.63, 3.8) is 0 Å². The molecule has 1 N–H and O–H groups in total. The minimum atomic E-state index is -0.219. The summed E-state index contributed by atoms with van der Waals surface area (Å²) in [6.07, 6.45) is 1.86. The maximum atomic E-state index is 12.0. The molecule has 0 aliphatic carbocycles. The van der Waals surface area contributed by atoms with Gasteiger partial charge < -0.3 is 14.8 Å². The number of hydrogen-bond donors (Lipinski definition) is 1. The van der Waals surface area contributed by atoms with Gasteiger partial charge in [-0.05, 0) is 62.4 Å². The number of carbonyl (C=O) groups excluding carboxylic acids is 1. The van der Waals surface area contributed by atoms with Crippen LogP contribution in [0.1, 0.15) is 13.8 Å². The number of ether oxygens (including phenoxy) is 2. The fourth-order valence-electron chi connectivity index (χ4n) is 2.38. The Kier molecular flexibility index (Phi) is 5.14. The van der Waals surface area contributed by atoms with Crippen LogP contribution in [0, 0.1) is 0 Å². The van der Waals surface area contributed by atoms with Crippen molar-refractivity contribution in [1.29, 1.82) is 0 Å². The number of aromatic nitrogens is 1. The molecular weight excluding hydrogens is 316 g/mol. The van der Waals surface area contributed by atoms with Gasteiger partial charge in [-0.25, -0.2) is 0 Å². The van der Waals surface area contributed by atoms with Gasteiger partial charge in [0.25, 0.3) is 5.91 Å². The van der Waals surface area contributed by atoms with Gasteiger partial charge >= 0.3 is 0 Å². The highest BCUT2D eigenvalue weighted by atomic mass is 16.5. The van der Waals surface area contributed by atoms with Gasteiger partial charge in [-0.3, -0.25) is 9.78 Å². The normalized spacial score (nSPS) is 10.7. The van der Waals surface area contributed by atoms with Crippen LogP contribution >= 0.6 is 0 Å². The first-order chi connectivity index (χ1) is 12.1. The monoisotopic (exact) mass is 336 g/mol. The summed E-state index contributed by atoms with van der Waals surface area (Å²) in [6, 6.07) is 16.6. The van der Waals surface area contributed by atoms with Crippen molar-refractivity contribution >= 4 is 22.5 Å². The number of pyridine rings is 1. The number of amides is 1. The van der Waals surface area contributed by atoms with Gasteiger partial charge in [0.2, 0.25) is 0 Å². The van der Waals surface area contributed by atoms with Gasteiger partial charge in [0.05, 0.1) is 11.6 Å². The van der Waals surface area contributed by atoms with Crippen molar-refractivity contribution in [1.82, 2.24) is 4.98 Å². The van der Waals surface area contributed by atoms with Gasteiger partial charge in [0.15, 0.2) is 6.61 Å². The smallest absolute Gasteiger partial charge is 0.262 e. The Labute approximate surface area is 146 Å². The maximum absolute atomic E-state index is 12.0. The van der Waals surface area contributed by atoms with Crippen LogP contribution in [-0.4, -0.2) is 23.6 Å². The maximum Gasteiger partial charge on any atom is 0.262 e. The zero-order chi connectivity index (χ0) is 17.6. The van der Waals surface area contributed by atoms with E-state index in [1.54, 1.807) is 24.4 Å². The van der Waals surface area contributed by atoms with Crippen molar-refractivity contribution in [2.75, 3.05) is 11.9 Å². The Bertz CT molecular complexity index is 860. The fraction of sp³-hybridized carbons (Fsp3) is 0.200. The summed E-state index contributed by atoms with van der Waals surface area (Å²) < 4.78 is 11.1. The summed E-state index contributed by atoms with van der Waals surface area (Å²) in [5.41, 5.74) is 1.59. The predicted molar refractivity (Wildman–Crippen MR) is 98.1 cm³/mol. The number of nitrogens with zero attached hydrogens (tertiary/aromatic N) is 1. The Balaban J connectivity index is 1.55. The van der Waals surface area contributed by atoms with Crippen LogP contribution in [0.15, 0.2) is 60.8 Å². The van der Waals surface area contributed by atoms with Crippen molar-refractivity contribution < 1.29 is 14.3 Å². The van der Waals surface area contributed by atoms with E-state index >= 15 is 0 Å². The van der Waals surface area contributed by atoms with Crippen LogP contribution in [0.4, 0.5) is 5.69 Å². The molecule has 0 saturated carbocycles. The Morgan fingerprint density at radius 1 is 1.08 bits per heavy atom. The van der Waals surface area contributed by atoms with Crippen LogP contribution in [0.3, 0.4) is 0 Å². The molecule has 128 valence electrons. The summed E-state index contributed by atoms with van der Waals surface area (Å²) in [5, 5.41) is 3.77. The molecular formula is C20H20N2O3. The van der Waals surface area contributed by atoms with Crippen molar-refractivity contribution in [3.05, 3.63) is 60.8 Å². The van der Waals surface area contributed by atoms with Gasteiger partial charge in [-0.1, -0.05) is 6.07 Å². The molecule has 3 aromatic rings. The molecule has 3 rings (SSSR count). The van der Waals surface area contributed by atoms with Gasteiger partial charge in [0.1, 0.15) is 11.5 Å². The van der Waals surface area contributed by atoms with E-state index in [0.29, 0.717) is 11.4 Å². The molecule has 0 aliphatic heterocycles. The molecule has 0 atom stereocenters. The lowest BCUT2D eigenvalue weighted by Gasteiger charge is -2.11. The highest BCUT2D eigenvalue weighted by Crippen LogP contribution is 2.19. The second-order valence-electron chi connectivity index (χ2n) is 5.89. The van der Waals surface area contributed by atoms with Crippen molar-refractivity contribution in [2.24, 2.45) is 0 Å². The number of rotatable bonds is 6. The molecule has 5 nitrogen and oxygen atoms in total. The number of nitrogens with one attached hydrogen (secondary N) is 1. The SMILES string of the molecule is CC(C)Oc1ccc(NC(=O)COc2ccc3ncccc3c2)cc1. The molecule has 0 unspecified atom stereocenters. The molecule has 1 aromatic heterocycles. The molecule has 1 amide bonds. The van der Waals surface area contributed by atoms with Crippen molar-refractivity contribution in [2.45, 2.75) is 20.0 Å². The molecule has 0 saturated heterocycles. The highest BCUT2D eigenvalue weighted by Gasteiger charge is 2.05. The predicted octanol–water partition coefficient (Wildman–Crippen LogP) is 4.04. The summed E-state index contributed by atoms with van der Waals surface area (Å²) in [5.74, 6) is 1.19. The summed E-state index contributed by atoms with van der Waals surface area (Å²) >= 11 is 0. The van der Waals surface area contributed by atoms with Crippen LogP contribution in [0.2, 0.25) is 0 Å². The number of anilines is 1. The largest absolute Gasteiger partial charge is 0.491 e. The molecule has 0 spiro atoms. The lowest BCUT2D eigenvalue weighted by molar-refractivity contribution is -0.118. The van der Waals surface area contributed by atoms with Crippen molar-refractivity contribution in [3.8, 4) is 11.5 Å². The lowest BCUT2D eigenvalue weighted by Crippen LogP contribution is -2.20. The number of carbonyl (C=O) groups is 1. The van der Waals surface area contributed by atoms with E-state index in [-0.39, 0.29) is 18.6 Å². The fourth-order valence-corrected chi connectivity index (χ4v) is 2.38. The standard InChI is InChI=1S/C20H20N2O3/c1-14(2)25-17-7-5-16(6-8-17)22-20(23)13-24-18-9-10-19-15(12-18)4-3-11-21-19/h3-12,14H,13H2,1-2H3,(H,22,23). The van der Waals surface area contributed by atoms with Gasteiger partial charge in [0, 0.05) is 17.3 Å². The molecule has 0 fully saturated rings. The molecule has 1 heterocycles. The van der Waals surface area contributed by atoms with Crippen LogP contribution in [0.25, 0.3) is 10.9 Å². The summed E-state index contributed by atoms with van der Waals surface area (Å²) in [7, 11) is 0. The minimum absolute atomic E-state index is 0.0595. The van der Waals surface area contributed by atoms with E-state index in [4.69, 9.17) is 9.47 Å². The minimum Gasteiger partial charge on any atom is -0.491 e. The first-order valence-electron chi connectivity index (χ1n) is 8.14. The Hall–Kier alpha value is -3.08. The first kappa shape index (κ1) is 16.8. The third-order valence-electron chi connectivity index (χ3n) is 3.45. The van der Waals surface area contributed by atoms with Crippen LogP contribution < -0.4 is 14.8 Å². The molecule has 2 aromatic carbocycles. The summed E-state index contributed by atoms with van der Waals surface area (Å²) in [6.45, 7) is 3.88. The Morgan fingerprint density at radius 3 is 2.60 bits per heavy atom. The molecule has 0 aliphatic rings. The quantitative estimate of drug-likeness (QED) is 0.738. The first-order valence-corrected chi connectivity index (χ1v) is 8.14. The highest BCUT2D eigenvalue weighted by molar-refractivity contribution is 5.92. The third kappa shape index (κ3) is 4.70. The van der Waals surface area contributed by atoms with Gasteiger partial charge in [-0.2, -0.15) is 0 Å². The molecule has 0 radical (unpaired) electrons. The second-order valence-corrected chi connectivity index (χ2v) is 5.89. The van der Waals surface area contributed by atoms with Crippen LogP contribution in [-0.2, 0) is 4.79 Å². The van der Waals surface area contributed by atoms with Gasteiger partial charge in [-0.15, -0.1) is 0 Å². The van der Waals surface area contributed by atoms with E-state index < -0.39 is 0 Å². The van der Waals surface area contributed by atoms with E-state index in [1.807, 2.05) is 50.2 Å². The second kappa shape index (κ2) is 7.66. The molecule has 0 bridgehead atoms. The topological polar surface area (TPSA) is 60.5 Å². The zero-order valence-corrected chi connectivity index (χ0v) is 14.2. The lowest BCUT2D eigenvalue weighted by atomic mass is 10.2. The molecule has 5 heteroatoms.